The zero-order valence-corrected chi connectivity index (χ0v) is 15.0. The number of nitrogens with one attached hydrogen (secondary N) is 1. The van der Waals surface area contributed by atoms with Crippen molar-refractivity contribution < 1.29 is 14.7 Å². The summed E-state index contributed by atoms with van der Waals surface area (Å²) >= 11 is 1.53. The predicted octanol–water partition coefficient (Wildman–Crippen LogP) is 2.63. The van der Waals surface area contributed by atoms with E-state index in [9.17, 15) is 14.7 Å². The lowest BCUT2D eigenvalue weighted by molar-refractivity contribution is -0.129. The van der Waals surface area contributed by atoms with Crippen molar-refractivity contribution in [1.82, 2.24) is 14.9 Å². The van der Waals surface area contributed by atoms with E-state index in [1.165, 1.54) is 17.5 Å². The lowest BCUT2D eigenvalue weighted by atomic mass is 10.0. The van der Waals surface area contributed by atoms with Crippen LogP contribution in [0.15, 0.2) is 18.3 Å². The Morgan fingerprint density at radius 1 is 1.32 bits per heavy atom. The van der Waals surface area contributed by atoms with Crippen molar-refractivity contribution in [2.75, 3.05) is 18.4 Å². The molecule has 1 saturated heterocycles. The fourth-order valence-electron chi connectivity index (χ4n) is 2.88. The van der Waals surface area contributed by atoms with Gasteiger partial charge in [-0.15, -0.1) is 11.3 Å². The predicted molar refractivity (Wildman–Crippen MR) is 95.9 cm³/mol. The molecule has 1 aliphatic heterocycles. The van der Waals surface area contributed by atoms with Gasteiger partial charge in [-0.2, -0.15) is 0 Å². The molecule has 3 heterocycles. The maximum Gasteiger partial charge on any atom is 0.356 e. The number of hydrogen-bond acceptors (Lipinski definition) is 6. The molecule has 0 unspecified atom stereocenters. The van der Waals surface area contributed by atoms with E-state index < -0.39 is 5.97 Å². The standard InChI is InChI=1S/C17H20N4O3S/c1-10-3-4-14(25-10)16-18-9-13(15(20-16)17(23)24)19-12-5-7-21(8-6-12)11(2)22/h3-4,9,12,19H,5-8H2,1-2H3,(H,23,24). The smallest absolute Gasteiger partial charge is 0.356 e. The number of likely N-dealkylation sites (tertiary alicyclic amines) is 1. The van der Waals surface area contributed by atoms with Crippen molar-refractivity contribution in [3.63, 3.8) is 0 Å². The van der Waals surface area contributed by atoms with Crippen LogP contribution in [-0.4, -0.2) is 51.0 Å². The average molecular weight is 360 g/mol. The van der Waals surface area contributed by atoms with Crippen molar-refractivity contribution in [3.05, 3.63) is 28.9 Å². The van der Waals surface area contributed by atoms with Gasteiger partial charge in [0.15, 0.2) is 11.5 Å². The van der Waals surface area contributed by atoms with Crippen molar-refractivity contribution in [3.8, 4) is 10.7 Å². The number of carboxylic acids is 1. The molecule has 8 heteroatoms. The molecular weight excluding hydrogens is 340 g/mol. The van der Waals surface area contributed by atoms with Crippen molar-refractivity contribution in [1.29, 1.82) is 0 Å². The molecule has 0 aliphatic carbocycles. The van der Waals surface area contributed by atoms with Gasteiger partial charge in [0.1, 0.15) is 0 Å². The summed E-state index contributed by atoms with van der Waals surface area (Å²) in [5.74, 6) is -0.586. The number of aryl methyl sites for hydroxylation is 1. The minimum absolute atomic E-state index is 0.0231. The van der Waals surface area contributed by atoms with Crippen LogP contribution >= 0.6 is 11.3 Å². The fourth-order valence-corrected chi connectivity index (χ4v) is 3.69. The van der Waals surface area contributed by atoms with Gasteiger partial charge < -0.3 is 15.3 Å². The van der Waals surface area contributed by atoms with E-state index in [0.29, 0.717) is 24.6 Å². The number of anilines is 1. The first kappa shape index (κ1) is 17.3. The van der Waals surface area contributed by atoms with Gasteiger partial charge in [0, 0.05) is 30.9 Å². The summed E-state index contributed by atoms with van der Waals surface area (Å²) in [5, 5.41) is 12.7. The van der Waals surface area contributed by atoms with Crippen LogP contribution in [0.5, 0.6) is 0 Å². The van der Waals surface area contributed by atoms with Gasteiger partial charge in [0.05, 0.1) is 16.8 Å². The molecule has 2 aromatic heterocycles. The number of piperidine rings is 1. The van der Waals surface area contributed by atoms with Crippen LogP contribution in [-0.2, 0) is 4.79 Å². The minimum Gasteiger partial charge on any atom is -0.476 e. The number of aromatic carboxylic acids is 1. The first-order chi connectivity index (χ1) is 11.9. The fraction of sp³-hybridized carbons (Fsp3) is 0.412. The van der Waals surface area contributed by atoms with Gasteiger partial charge in [0.2, 0.25) is 5.91 Å². The van der Waals surface area contributed by atoms with Crippen LogP contribution in [0.1, 0.15) is 35.1 Å². The third-order valence-electron chi connectivity index (χ3n) is 4.25. The SMILES string of the molecule is CC(=O)N1CCC(Nc2cnc(-c3ccc(C)s3)nc2C(=O)O)CC1. The molecule has 0 saturated carbocycles. The summed E-state index contributed by atoms with van der Waals surface area (Å²) in [7, 11) is 0. The average Bonchev–Trinajstić information content (AvgIpc) is 3.02. The molecule has 2 aromatic rings. The number of hydrogen-bond donors (Lipinski definition) is 2. The number of carbonyl (C=O) groups excluding carboxylic acids is 1. The van der Waals surface area contributed by atoms with Gasteiger partial charge in [-0.25, -0.2) is 14.8 Å². The number of aromatic nitrogens is 2. The number of amides is 1. The first-order valence-electron chi connectivity index (χ1n) is 8.13. The third-order valence-corrected chi connectivity index (χ3v) is 5.25. The molecule has 0 radical (unpaired) electrons. The molecule has 7 nitrogen and oxygen atoms in total. The Bertz CT molecular complexity index is 797. The van der Waals surface area contributed by atoms with Crippen LogP contribution in [0.25, 0.3) is 10.7 Å². The summed E-state index contributed by atoms with van der Waals surface area (Å²) in [6.07, 6.45) is 3.08. The van der Waals surface area contributed by atoms with E-state index in [1.54, 1.807) is 11.8 Å². The Kier molecular flexibility index (Phi) is 4.98. The van der Waals surface area contributed by atoms with Gasteiger partial charge in [0.25, 0.3) is 0 Å². The molecule has 1 amide bonds. The highest BCUT2D eigenvalue weighted by molar-refractivity contribution is 7.15. The van der Waals surface area contributed by atoms with Crippen LogP contribution in [0.4, 0.5) is 5.69 Å². The summed E-state index contributed by atoms with van der Waals surface area (Å²) < 4.78 is 0. The normalized spacial score (nSPS) is 15.2. The molecule has 3 rings (SSSR count). The van der Waals surface area contributed by atoms with Crippen LogP contribution in [0.3, 0.4) is 0 Å². The highest BCUT2D eigenvalue weighted by atomic mass is 32.1. The number of thiophene rings is 1. The van der Waals surface area contributed by atoms with Crippen LogP contribution in [0.2, 0.25) is 0 Å². The van der Waals surface area contributed by atoms with E-state index >= 15 is 0 Å². The van der Waals surface area contributed by atoms with E-state index in [0.717, 1.165) is 22.6 Å². The Balaban J connectivity index is 1.77. The second kappa shape index (κ2) is 7.18. The second-order valence-corrected chi connectivity index (χ2v) is 7.38. The number of carbonyl (C=O) groups is 2. The Labute approximate surface area is 149 Å². The van der Waals surface area contributed by atoms with Gasteiger partial charge in [-0.1, -0.05) is 0 Å². The van der Waals surface area contributed by atoms with Crippen LogP contribution < -0.4 is 5.32 Å². The zero-order chi connectivity index (χ0) is 18.0. The highest BCUT2D eigenvalue weighted by Crippen LogP contribution is 2.27. The summed E-state index contributed by atoms with van der Waals surface area (Å²) in [6, 6.07) is 3.96. The molecule has 1 fully saturated rings. The largest absolute Gasteiger partial charge is 0.476 e. The van der Waals surface area contributed by atoms with Crippen molar-refractivity contribution in [2.24, 2.45) is 0 Å². The zero-order valence-electron chi connectivity index (χ0n) is 14.2. The molecule has 2 N–H and O–H groups in total. The minimum atomic E-state index is -1.08. The highest BCUT2D eigenvalue weighted by Gasteiger charge is 2.23. The van der Waals surface area contributed by atoms with E-state index in [4.69, 9.17) is 0 Å². The van der Waals surface area contributed by atoms with Gasteiger partial charge in [-0.05, 0) is 31.9 Å². The quantitative estimate of drug-likeness (QED) is 0.870. The Morgan fingerprint density at radius 2 is 2.04 bits per heavy atom. The molecule has 132 valence electrons. The Morgan fingerprint density at radius 3 is 2.60 bits per heavy atom. The topological polar surface area (TPSA) is 95.4 Å². The Hall–Kier alpha value is -2.48. The lowest BCUT2D eigenvalue weighted by Crippen LogP contribution is -2.41. The number of nitrogens with zero attached hydrogens (tertiary/aromatic N) is 3. The van der Waals surface area contributed by atoms with Gasteiger partial charge >= 0.3 is 5.97 Å². The summed E-state index contributed by atoms with van der Waals surface area (Å²) in [5.41, 5.74) is 0.399. The lowest BCUT2D eigenvalue weighted by Gasteiger charge is -2.32. The van der Waals surface area contributed by atoms with Crippen LogP contribution in [0, 0.1) is 6.92 Å². The molecule has 0 aromatic carbocycles. The first-order valence-corrected chi connectivity index (χ1v) is 8.95. The maximum atomic E-state index is 11.6. The van der Waals surface area contributed by atoms with Gasteiger partial charge in [-0.3, -0.25) is 4.79 Å². The molecule has 25 heavy (non-hydrogen) atoms. The van der Waals surface area contributed by atoms with E-state index in [1.807, 2.05) is 19.1 Å². The van der Waals surface area contributed by atoms with E-state index in [-0.39, 0.29) is 17.6 Å². The summed E-state index contributed by atoms with van der Waals surface area (Å²) in [6.45, 7) is 4.89. The molecule has 0 bridgehead atoms. The molecule has 0 spiro atoms. The molecule has 1 aliphatic rings. The number of rotatable bonds is 4. The van der Waals surface area contributed by atoms with Crippen molar-refractivity contribution >= 4 is 28.9 Å². The third kappa shape index (κ3) is 3.96. The number of carboxylic acid groups (broad SMARTS) is 1. The van der Waals surface area contributed by atoms with Crippen molar-refractivity contribution in [2.45, 2.75) is 32.7 Å². The molecular formula is C17H20N4O3S. The second-order valence-electron chi connectivity index (χ2n) is 6.10. The monoisotopic (exact) mass is 360 g/mol. The maximum absolute atomic E-state index is 11.6. The summed E-state index contributed by atoms with van der Waals surface area (Å²) in [4.78, 5) is 35.3. The van der Waals surface area contributed by atoms with E-state index in [2.05, 4.69) is 15.3 Å². The molecule has 0 atom stereocenters.